The molecule has 0 spiro atoms. The average molecular weight is 532 g/mol. The van der Waals surface area contributed by atoms with Crippen molar-refractivity contribution in [1.82, 2.24) is 24.9 Å². The van der Waals surface area contributed by atoms with E-state index in [1.807, 2.05) is 39.0 Å². The van der Waals surface area contributed by atoms with Crippen molar-refractivity contribution in [1.29, 1.82) is 0 Å². The monoisotopic (exact) mass is 531 g/mol. The Bertz CT molecular complexity index is 1400. The highest BCUT2D eigenvalue weighted by Gasteiger charge is 2.51. The smallest absolute Gasteiger partial charge is 0.317 e. The highest BCUT2D eigenvalue weighted by molar-refractivity contribution is 6.01. The Balaban J connectivity index is 1.35. The second-order valence-corrected chi connectivity index (χ2v) is 11.1. The number of aryl methyl sites for hydroxylation is 4. The zero-order valence-corrected chi connectivity index (χ0v) is 23.2. The number of esters is 1. The molecule has 0 bridgehead atoms. The normalized spacial score (nSPS) is 21.9. The standard InChI is InChI=1S/C30H37N5O4/c1-5-21-15-20(10-11-23(21)27(37)31-4)12-13-30(22-8-6-7-9-22)17-25(36)24(28(38)39-30)16-26-33-29-32-18(2)14-19(3)35(29)34-26/h10-11,14-15,22,24H,5-9,12-13,16-17H2,1-4H3,(H,31,37). The molecule has 2 aromatic heterocycles. The van der Waals surface area contributed by atoms with Gasteiger partial charge in [0.25, 0.3) is 11.7 Å². The summed E-state index contributed by atoms with van der Waals surface area (Å²) >= 11 is 0. The topological polar surface area (TPSA) is 116 Å². The molecule has 206 valence electrons. The van der Waals surface area contributed by atoms with Gasteiger partial charge in [0.15, 0.2) is 11.6 Å². The summed E-state index contributed by atoms with van der Waals surface area (Å²) in [6.45, 7) is 5.85. The second-order valence-electron chi connectivity index (χ2n) is 11.1. The Morgan fingerprint density at radius 1 is 1.15 bits per heavy atom. The average Bonchev–Trinajstić information content (AvgIpc) is 3.60. The third-order valence-corrected chi connectivity index (χ3v) is 8.46. The fourth-order valence-corrected chi connectivity index (χ4v) is 6.36. The van der Waals surface area contributed by atoms with E-state index in [0.29, 0.717) is 30.0 Å². The van der Waals surface area contributed by atoms with Crippen LogP contribution >= 0.6 is 0 Å². The minimum Gasteiger partial charge on any atom is -0.458 e. The summed E-state index contributed by atoms with van der Waals surface area (Å²) in [5, 5.41) is 7.20. The van der Waals surface area contributed by atoms with Crippen LogP contribution in [0.1, 0.15) is 84.1 Å². The third-order valence-electron chi connectivity index (χ3n) is 8.46. The Labute approximate surface area is 228 Å². The molecule has 1 N–H and O–H groups in total. The summed E-state index contributed by atoms with van der Waals surface area (Å²) < 4.78 is 7.93. The Morgan fingerprint density at radius 2 is 1.92 bits per heavy atom. The van der Waals surface area contributed by atoms with E-state index >= 15 is 0 Å². The van der Waals surface area contributed by atoms with Crippen LogP contribution in [0.25, 0.3) is 5.78 Å². The fraction of sp³-hybridized carbons (Fsp3) is 0.533. The molecule has 9 nitrogen and oxygen atoms in total. The predicted molar refractivity (Wildman–Crippen MR) is 145 cm³/mol. The lowest BCUT2D eigenvalue weighted by molar-refractivity contribution is -0.185. The van der Waals surface area contributed by atoms with Crippen molar-refractivity contribution in [2.24, 2.45) is 11.8 Å². The number of cyclic esters (lactones) is 1. The number of carbonyl (C=O) groups excluding carboxylic acids is 3. The molecule has 3 aromatic rings. The van der Waals surface area contributed by atoms with E-state index in [2.05, 4.69) is 26.4 Å². The largest absolute Gasteiger partial charge is 0.458 e. The molecule has 1 aliphatic carbocycles. The molecule has 1 aromatic carbocycles. The van der Waals surface area contributed by atoms with Gasteiger partial charge in [-0.05, 0) is 75.1 Å². The van der Waals surface area contributed by atoms with E-state index in [9.17, 15) is 14.4 Å². The first-order valence-corrected chi connectivity index (χ1v) is 14.0. The molecular weight excluding hydrogens is 494 g/mol. The van der Waals surface area contributed by atoms with Gasteiger partial charge in [-0.15, -0.1) is 5.10 Å². The van der Waals surface area contributed by atoms with E-state index in [-0.39, 0.29) is 30.4 Å². The summed E-state index contributed by atoms with van der Waals surface area (Å²) in [5.74, 6) is -0.511. The molecule has 3 heterocycles. The molecule has 1 aliphatic heterocycles. The Morgan fingerprint density at radius 3 is 2.62 bits per heavy atom. The molecular formula is C30H37N5O4. The van der Waals surface area contributed by atoms with Gasteiger partial charge < -0.3 is 10.1 Å². The molecule has 2 unspecified atom stereocenters. The van der Waals surface area contributed by atoms with Crippen LogP contribution in [0, 0.1) is 25.7 Å². The Kier molecular flexibility index (Phi) is 7.51. The van der Waals surface area contributed by atoms with Gasteiger partial charge >= 0.3 is 5.97 Å². The molecule has 9 heteroatoms. The second kappa shape index (κ2) is 10.9. The molecule has 1 amide bonds. The van der Waals surface area contributed by atoms with Crippen molar-refractivity contribution in [2.45, 2.75) is 84.2 Å². The van der Waals surface area contributed by atoms with Gasteiger partial charge in [-0.1, -0.05) is 31.9 Å². The summed E-state index contributed by atoms with van der Waals surface area (Å²) in [4.78, 5) is 48.1. The van der Waals surface area contributed by atoms with E-state index in [0.717, 1.165) is 54.6 Å². The quantitative estimate of drug-likeness (QED) is 0.346. The van der Waals surface area contributed by atoms with E-state index in [1.54, 1.807) is 11.6 Å². The number of aromatic nitrogens is 4. The fourth-order valence-electron chi connectivity index (χ4n) is 6.36. The molecule has 2 aliphatic rings. The lowest BCUT2D eigenvalue weighted by Crippen LogP contribution is -2.52. The van der Waals surface area contributed by atoms with Gasteiger partial charge in [0.1, 0.15) is 11.5 Å². The van der Waals surface area contributed by atoms with Crippen molar-refractivity contribution in [3.63, 3.8) is 0 Å². The van der Waals surface area contributed by atoms with Gasteiger partial charge in [0, 0.05) is 36.8 Å². The van der Waals surface area contributed by atoms with E-state index in [4.69, 9.17) is 4.74 Å². The van der Waals surface area contributed by atoms with Crippen molar-refractivity contribution in [2.75, 3.05) is 7.05 Å². The minimum atomic E-state index is -0.906. The number of nitrogens with zero attached hydrogens (tertiary/aromatic N) is 4. The summed E-state index contributed by atoms with van der Waals surface area (Å²) in [5.41, 5.74) is 3.67. The Hall–Kier alpha value is -3.62. The number of amides is 1. The number of benzene rings is 1. The number of hydrogen-bond acceptors (Lipinski definition) is 7. The zero-order valence-electron chi connectivity index (χ0n) is 23.2. The summed E-state index contributed by atoms with van der Waals surface area (Å²) in [7, 11) is 1.63. The third kappa shape index (κ3) is 5.31. The van der Waals surface area contributed by atoms with Crippen LogP contribution in [0.5, 0.6) is 0 Å². The zero-order chi connectivity index (χ0) is 27.7. The number of carbonyl (C=O) groups is 3. The van der Waals surface area contributed by atoms with Crippen molar-refractivity contribution in [3.8, 4) is 0 Å². The van der Waals surface area contributed by atoms with E-state index in [1.165, 1.54) is 0 Å². The highest BCUT2D eigenvalue weighted by atomic mass is 16.6. The van der Waals surface area contributed by atoms with Crippen LogP contribution in [0.3, 0.4) is 0 Å². The first kappa shape index (κ1) is 27.0. The van der Waals surface area contributed by atoms with Crippen molar-refractivity contribution in [3.05, 3.63) is 58.2 Å². The molecule has 1 saturated carbocycles. The SMILES string of the molecule is CCc1cc(CCC2(C3CCCC3)CC(=O)C(Cc3nc4nc(C)cc(C)n4n3)C(=O)O2)ccc1C(=O)NC. The number of fused-ring (bicyclic) bond motifs is 1. The van der Waals surface area contributed by atoms with Crippen LogP contribution in [-0.4, -0.2) is 49.9 Å². The molecule has 0 radical (unpaired) electrons. The van der Waals surface area contributed by atoms with Crippen LogP contribution in [-0.2, 0) is 33.6 Å². The summed E-state index contributed by atoms with van der Waals surface area (Å²) in [6.07, 6.45) is 6.40. The van der Waals surface area contributed by atoms with Crippen LogP contribution < -0.4 is 5.32 Å². The van der Waals surface area contributed by atoms with Crippen LogP contribution in [0.2, 0.25) is 0 Å². The summed E-state index contributed by atoms with van der Waals surface area (Å²) in [6, 6.07) is 7.81. The molecule has 2 fully saturated rings. The number of rotatable bonds is 8. The predicted octanol–water partition coefficient (Wildman–Crippen LogP) is 3.90. The first-order valence-electron chi connectivity index (χ1n) is 14.0. The first-order chi connectivity index (χ1) is 18.7. The molecule has 39 heavy (non-hydrogen) atoms. The molecule has 2 atom stereocenters. The maximum absolute atomic E-state index is 13.6. The van der Waals surface area contributed by atoms with Gasteiger partial charge in [0.2, 0.25) is 0 Å². The lowest BCUT2D eigenvalue weighted by atomic mass is 9.73. The minimum absolute atomic E-state index is 0.0953. The maximum atomic E-state index is 13.6. The van der Waals surface area contributed by atoms with E-state index < -0.39 is 17.5 Å². The number of ketones is 1. The number of hydrogen-bond donors (Lipinski definition) is 1. The molecule has 5 rings (SSSR count). The number of Topliss-reactive ketones (excluding diaryl/α,β-unsaturated/α-hetero) is 1. The van der Waals surface area contributed by atoms with Crippen LogP contribution in [0.4, 0.5) is 0 Å². The lowest BCUT2D eigenvalue weighted by Gasteiger charge is -2.43. The number of nitrogens with one attached hydrogen (secondary N) is 1. The van der Waals surface area contributed by atoms with Crippen LogP contribution in [0.15, 0.2) is 24.3 Å². The van der Waals surface area contributed by atoms with Gasteiger partial charge in [-0.25, -0.2) is 9.50 Å². The highest BCUT2D eigenvalue weighted by Crippen LogP contribution is 2.45. The van der Waals surface area contributed by atoms with Crippen molar-refractivity contribution < 1.29 is 19.1 Å². The number of ether oxygens (including phenoxy) is 1. The van der Waals surface area contributed by atoms with Crippen molar-refractivity contribution >= 4 is 23.4 Å². The maximum Gasteiger partial charge on any atom is 0.317 e. The van der Waals surface area contributed by atoms with Gasteiger partial charge in [-0.3, -0.25) is 14.4 Å². The van der Waals surface area contributed by atoms with Gasteiger partial charge in [-0.2, -0.15) is 4.98 Å². The molecule has 1 saturated heterocycles. The van der Waals surface area contributed by atoms with Gasteiger partial charge in [0.05, 0.1) is 0 Å².